The lowest BCUT2D eigenvalue weighted by atomic mass is 10.0. The van der Waals surface area contributed by atoms with E-state index in [2.05, 4.69) is 10.6 Å². The molecule has 0 radical (unpaired) electrons. The van der Waals surface area contributed by atoms with Crippen LogP contribution in [0.1, 0.15) is 25.5 Å². The second-order valence-corrected chi connectivity index (χ2v) is 5.53. The fourth-order valence-electron chi connectivity index (χ4n) is 2.14. The molecule has 0 aliphatic carbocycles. The summed E-state index contributed by atoms with van der Waals surface area (Å²) in [6.07, 6.45) is 0. The zero-order chi connectivity index (χ0) is 15.5. The van der Waals surface area contributed by atoms with Gasteiger partial charge in [0.1, 0.15) is 6.61 Å². The van der Waals surface area contributed by atoms with Gasteiger partial charge < -0.3 is 20.1 Å². The highest BCUT2D eigenvalue weighted by molar-refractivity contribution is 5.77. The molecule has 1 amide bonds. The standard InChI is InChI=1S/C15H21FN2O3/c1-10(11-4-5-13(20-3)12(16)6-11)18-14(19)7-21-15(2)8-17-9-15/h4-6,10,17H,7-9H2,1-3H3,(H,18,19). The highest BCUT2D eigenvalue weighted by Crippen LogP contribution is 2.21. The Balaban J connectivity index is 1.86. The van der Waals surface area contributed by atoms with Crippen molar-refractivity contribution >= 4 is 5.91 Å². The number of carbonyl (C=O) groups is 1. The molecule has 21 heavy (non-hydrogen) atoms. The number of amides is 1. The second kappa shape index (κ2) is 6.41. The predicted molar refractivity (Wildman–Crippen MR) is 76.7 cm³/mol. The number of carbonyl (C=O) groups excluding carboxylic acids is 1. The number of methoxy groups -OCH3 is 1. The SMILES string of the molecule is COc1ccc(C(C)NC(=O)COC2(C)CNC2)cc1F. The quantitative estimate of drug-likeness (QED) is 0.833. The number of halogens is 1. The average Bonchev–Trinajstić information content (AvgIpc) is 2.43. The third kappa shape index (κ3) is 3.92. The minimum Gasteiger partial charge on any atom is -0.494 e. The first-order valence-electron chi connectivity index (χ1n) is 6.91. The van der Waals surface area contributed by atoms with E-state index in [0.717, 1.165) is 13.1 Å². The number of nitrogens with one attached hydrogen (secondary N) is 2. The summed E-state index contributed by atoms with van der Waals surface area (Å²) in [5.41, 5.74) is 0.422. The smallest absolute Gasteiger partial charge is 0.246 e. The van der Waals surface area contributed by atoms with Crippen molar-refractivity contribution < 1.29 is 18.7 Å². The minimum absolute atomic E-state index is 0.00115. The van der Waals surface area contributed by atoms with E-state index >= 15 is 0 Å². The van der Waals surface area contributed by atoms with Crippen LogP contribution in [0.3, 0.4) is 0 Å². The first-order valence-corrected chi connectivity index (χ1v) is 6.91. The molecule has 0 aromatic heterocycles. The molecule has 2 rings (SSSR count). The molecule has 6 heteroatoms. The van der Waals surface area contributed by atoms with Crippen LogP contribution in [0.2, 0.25) is 0 Å². The lowest BCUT2D eigenvalue weighted by molar-refractivity contribution is -0.136. The third-order valence-electron chi connectivity index (χ3n) is 3.60. The fourth-order valence-corrected chi connectivity index (χ4v) is 2.14. The van der Waals surface area contributed by atoms with Crippen LogP contribution in [0.15, 0.2) is 18.2 Å². The Morgan fingerprint density at radius 1 is 1.52 bits per heavy atom. The summed E-state index contributed by atoms with van der Waals surface area (Å²) in [7, 11) is 1.41. The molecular formula is C15H21FN2O3. The van der Waals surface area contributed by atoms with E-state index in [9.17, 15) is 9.18 Å². The van der Waals surface area contributed by atoms with E-state index in [1.165, 1.54) is 13.2 Å². The van der Waals surface area contributed by atoms with Crippen LogP contribution in [0.5, 0.6) is 5.75 Å². The van der Waals surface area contributed by atoms with Crippen LogP contribution in [0, 0.1) is 5.82 Å². The van der Waals surface area contributed by atoms with Crippen LogP contribution in [0.25, 0.3) is 0 Å². The van der Waals surface area contributed by atoms with Crippen molar-refractivity contribution in [3.63, 3.8) is 0 Å². The summed E-state index contributed by atoms with van der Waals surface area (Å²) < 4.78 is 24.1. The van der Waals surface area contributed by atoms with Gasteiger partial charge in [-0.05, 0) is 31.5 Å². The number of hydrogen-bond acceptors (Lipinski definition) is 4. The molecule has 116 valence electrons. The lowest BCUT2D eigenvalue weighted by Crippen LogP contribution is -2.59. The van der Waals surface area contributed by atoms with Gasteiger partial charge in [-0.15, -0.1) is 0 Å². The minimum atomic E-state index is -0.444. The van der Waals surface area contributed by atoms with E-state index < -0.39 is 5.82 Å². The van der Waals surface area contributed by atoms with E-state index in [4.69, 9.17) is 9.47 Å². The highest BCUT2D eigenvalue weighted by Gasteiger charge is 2.33. The molecule has 1 heterocycles. The molecule has 1 saturated heterocycles. The Morgan fingerprint density at radius 2 is 2.24 bits per heavy atom. The first-order chi connectivity index (χ1) is 9.93. The number of hydrogen-bond donors (Lipinski definition) is 2. The van der Waals surface area contributed by atoms with Crippen LogP contribution >= 0.6 is 0 Å². The van der Waals surface area contributed by atoms with Crippen LogP contribution in [0.4, 0.5) is 4.39 Å². The molecule has 0 bridgehead atoms. The van der Waals surface area contributed by atoms with Gasteiger partial charge in [-0.25, -0.2) is 4.39 Å². The van der Waals surface area contributed by atoms with E-state index in [-0.39, 0.29) is 29.9 Å². The lowest BCUT2D eigenvalue weighted by Gasteiger charge is -2.38. The molecule has 0 spiro atoms. The number of ether oxygens (including phenoxy) is 2. The summed E-state index contributed by atoms with van der Waals surface area (Å²) in [5.74, 6) is -0.474. The Hall–Kier alpha value is -1.66. The Morgan fingerprint density at radius 3 is 2.76 bits per heavy atom. The van der Waals surface area contributed by atoms with Gasteiger partial charge in [0.2, 0.25) is 5.91 Å². The van der Waals surface area contributed by atoms with Crippen LogP contribution in [-0.4, -0.2) is 38.3 Å². The fraction of sp³-hybridized carbons (Fsp3) is 0.533. The molecule has 1 aliphatic rings. The zero-order valence-electron chi connectivity index (χ0n) is 12.5. The molecule has 1 unspecified atom stereocenters. The van der Waals surface area contributed by atoms with Gasteiger partial charge in [0.15, 0.2) is 11.6 Å². The van der Waals surface area contributed by atoms with Crippen molar-refractivity contribution in [3.05, 3.63) is 29.6 Å². The molecule has 1 aromatic carbocycles. The molecule has 0 saturated carbocycles. The van der Waals surface area contributed by atoms with E-state index in [0.29, 0.717) is 5.56 Å². The van der Waals surface area contributed by atoms with Crippen molar-refractivity contribution in [2.24, 2.45) is 0 Å². The maximum absolute atomic E-state index is 13.6. The molecule has 1 atom stereocenters. The van der Waals surface area contributed by atoms with Gasteiger partial charge >= 0.3 is 0 Å². The van der Waals surface area contributed by atoms with Gasteiger partial charge in [0, 0.05) is 13.1 Å². The van der Waals surface area contributed by atoms with Crippen LogP contribution < -0.4 is 15.4 Å². The molecular weight excluding hydrogens is 275 g/mol. The van der Waals surface area contributed by atoms with E-state index in [1.54, 1.807) is 19.1 Å². The monoisotopic (exact) mass is 296 g/mol. The molecule has 2 N–H and O–H groups in total. The van der Waals surface area contributed by atoms with Gasteiger partial charge in [0.05, 0.1) is 18.8 Å². The van der Waals surface area contributed by atoms with Crippen molar-refractivity contribution in [2.75, 3.05) is 26.8 Å². The molecule has 1 fully saturated rings. The number of rotatable bonds is 6. The molecule has 5 nitrogen and oxygen atoms in total. The van der Waals surface area contributed by atoms with Crippen molar-refractivity contribution in [1.29, 1.82) is 0 Å². The summed E-state index contributed by atoms with van der Waals surface area (Å²) in [4.78, 5) is 11.8. The molecule has 1 aliphatic heterocycles. The Bertz CT molecular complexity index is 518. The zero-order valence-corrected chi connectivity index (χ0v) is 12.5. The summed E-state index contributed by atoms with van der Waals surface area (Å²) >= 11 is 0. The summed E-state index contributed by atoms with van der Waals surface area (Å²) in [6, 6.07) is 4.34. The Labute approximate surface area is 123 Å². The van der Waals surface area contributed by atoms with Crippen molar-refractivity contribution in [3.8, 4) is 5.75 Å². The highest BCUT2D eigenvalue weighted by atomic mass is 19.1. The third-order valence-corrected chi connectivity index (χ3v) is 3.60. The predicted octanol–water partition coefficient (Wildman–Crippen LogP) is 1.39. The summed E-state index contributed by atoms with van der Waals surface area (Å²) in [6.45, 7) is 5.25. The van der Waals surface area contributed by atoms with Crippen molar-refractivity contribution in [1.82, 2.24) is 10.6 Å². The maximum Gasteiger partial charge on any atom is 0.246 e. The van der Waals surface area contributed by atoms with Gasteiger partial charge in [-0.3, -0.25) is 4.79 Å². The van der Waals surface area contributed by atoms with Crippen LogP contribution in [-0.2, 0) is 9.53 Å². The first kappa shape index (κ1) is 15.7. The molecule has 1 aromatic rings. The van der Waals surface area contributed by atoms with Gasteiger partial charge in [0.25, 0.3) is 0 Å². The van der Waals surface area contributed by atoms with Crippen molar-refractivity contribution in [2.45, 2.75) is 25.5 Å². The maximum atomic E-state index is 13.6. The average molecular weight is 296 g/mol. The topological polar surface area (TPSA) is 59.6 Å². The van der Waals surface area contributed by atoms with Gasteiger partial charge in [-0.2, -0.15) is 0 Å². The number of benzene rings is 1. The van der Waals surface area contributed by atoms with E-state index in [1.807, 2.05) is 6.92 Å². The Kier molecular flexibility index (Phi) is 4.80. The largest absolute Gasteiger partial charge is 0.494 e. The second-order valence-electron chi connectivity index (χ2n) is 5.53. The van der Waals surface area contributed by atoms with Gasteiger partial charge in [-0.1, -0.05) is 6.07 Å². The summed E-state index contributed by atoms with van der Waals surface area (Å²) in [5, 5.41) is 5.89. The normalized spacial score (nSPS) is 17.7.